The maximum Gasteiger partial charge on any atom is 0.416 e. The maximum absolute atomic E-state index is 12.8. The van der Waals surface area contributed by atoms with Crippen LogP contribution >= 0.6 is 0 Å². The first-order valence-electron chi connectivity index (χ1n) is 7.26. The van der Waals surface area contributed by atoms with Crippen molar-refractivity contribution in [3.05, 3.63) is 53.7 Å². The Morgan fingerprint density at radius 3 is 2.76 bits per heavy atom. The van der Waals surface area contributed by atoms with Gasteiger partial charge in [0.25, 0.3) is 0 Å². The van der Waals surface area contributed by atoms with Gasteiger partial charge in [-0.15, -0.1) is 0 Å². The molecule has 1 amide bonds. The number of nitrogens with zero attached hydrogens (tertiary/aromatic N) is 1. The number of benzene rings is 1. The van der Waals surface area contributed by atoms with E-state index in [2.05, 4.69) is 10.3 Å². The monoisotopic (exact) mass is 355 g/mol. The number of carbonyl (C=O) groups is 1. The molecule has 0 aliphatic carbocycles. The molecule has 1 atom stereocenters. The van der Waals surface area contributed by atoms with Gasteiger partial charge in [0.15, 0.2) is 0 Å². The van der Waals surface area contributed by atoms with E-state index in [4.69, 9.17) is 10.5 Å². The predicted molar refractivity (Wildman–Crippen MR) is 82.7 cm³/mol. The molecule has 4 N–H and O–H groups in total. The number of rotatable bonds is 6. The van der Waals surface area contributed by atoms with Crippen molar-refractivity contribution in [2.75, 3.05) is 6.54 Å². The molecule has 0 spiro atoms. The number of amides is 1. The smallest absolute Gasteiger partial charge is 0.416 e. The van der Waals surface area contributed by atoms with E-state index in [-0.39, 0.29) is 24.7 Å². The summed E-state index contributed by atoms with van der Waals surface area (Å²) in [6.07, 6.45) is -4.42. The molecule has 0 aliphatic heterocycles. The number of aliphatic hydroxyl groups is 1. The molecule has 1 unspecified atom stereocenters. The highest BCUT2D eigenvalue weighted by molar-refractivity contribution is 5.80. The molecule has 2 aromatic rings. The second-order valence-corrected chi connectivity index (χ2v) is 5.06. The number of aliphatic hydroxyl groups excluding tert-OH is 1. The standard InChI is InChI=1S/C16H16F3N3O3/c17-16(18,19)11-4-1-5-12(7-11)25-15-10(3-2-6-21-15)9-22-14(24)13(23)8-20/h1-7,13,23H,8-9,20H2,(H,22,24). The average molecular weight is 355 g/mol. The number of ether oxygens (including phenoxy) is 1. The second-order valence-electron chi connectivity index (χ2n) is 5.06. The van der Waals surface area contributed by atoms with Gasteiger partial charge in [0.1, 0.15) is 11.9 Å². The van der Waals surface area contributed by atoms with Crippen molar-refractivity contribution < 1.29 is 27.8 Å². The normalized spacial score (nSPS) is 12.5. The Labute approximate surface area is 141 Å². The molecule has 9 heteroatoms. The summed E-state index contributed by atoms with van der Waals surface area (Å²) < 4.78 is 43.7. The minimum Gasteiger partial charge on any atom is -0.439 e. The van der Waals surface area contributed by atoms with Crippen LogP contribution in [0.2, 0.25) is 0 Å². The third kappa shape index (κ3) is 5.16. The lowest BCUT2D eigenvalue weighted by Gasteiger charge is -2.13. The maximum atomic E-state index is 12.8. The first kappa shape index (κ1) is 18.7. The zero-order valence-electron chi connectivity index (χ0n) is 13.0. The molecule has 0 aliphatic rings. The van der Waals surface area contributed by atoms with Crippen LogP contribution in [0.1, 0.15) is 11.1 Å². The van der Waals surface area contributed by atoms with Crippen molar-refractivity contribution in [3.63, 3.8) is 0 Å². The SMILES string of the molecule is NCC(O)C(=O)NCc1cccnc1Oc1cccc(C(F)(F)F)c1. The molecule has 1 heterocycles. The number of hydrogen-bond acceptors (Lipinski definition) is 5. The summed E-state index contributed by atoms with van der Waals surface area (Å²) in [4.78, 5) is 15.5. The Hall–Kier alpha value is -2.65. The molecule has 25 heavy (non-hydrogen) atoms. The van der Waals surface area contributed by atoms with E-state index in [9.17, 15) is 23.1 Å². The fraction of sp³-hybridized carbons (Fsp3) is 0.250. The zero-order chi connectivity index (χ0) is 18.4. The first-order chi connectivity index (χ1) is 11.8. The highest BCUT2D eigenvalue weighted by Gasteiger charge is 2.30. The number of alkyl halides is 3. The van der Waals surface area contributed by atoms with Crippen molar-refractivity contribution in [2.24, 2.45) is 5.73 Å². The van der Waals surface area contributed by atoms with Crippen LogP contribution in [-0.2, 0) is 17.5 Å². The van der Waals surface area contributed by atoms with E-state index < -0.39 is 23.8 Å². The highest BCUT2D eigenvalue weighted by Crippen LogP contribution is 2.32. The summed E-state index contributed by atoms with van der Waals surface area (Å²) in [5.41, 5.74) is 4.77. The number of carbonyl (C=O) groups excluding carboxylic acids is 1. The van der Waals surface area contributed by atoms with E-state index in [1.54, 1.807) is 12.1 Å². The number of pyridine rings is 1. The molecule has 0 saturated heterocycles. The van der Waals surface area contributed by atoms with Crippen molar-refractivity contribution in [1.29, 1.82) is 0 Å². The van der Waals surface area contributed by atoms with E-state index in [0.29, 0.717) is 5.56 Å². The molecule has 6 nitrogen and oxygen atoms in total. The van der Waals surface area contributed by atoms with Crippen LogP contribution in [0.5, 0.6) is 11.6 Å². The van der Waals surface area contributed by atoms with E-state index in [1.165, 1.54) is 18.3 Å². The van der Waals surface area contributed by atoms with E-state index in [0.717, 1.165) is 12.1 Å². The summed E-state index contributed by atoms with van der Waals surface area (Å²) in [6.45, 7) is -0.259. The third-order valence-corrected chi connectivity index (χ3v) is 3.20. The molecule has 0 radical (unpaired) electrons. The lowest BCUT2D eigenvalue weighted by Crippen LogP contribution is -2.38. The fourth-order valence-corrected chi connectivity index (χ4v) is 1.91. The topological polar surface area (TPSA) is 97.5 Å². The largest absolute Gasteiger partial charge is 0.439 e. The minimum absolute atomic E-state index is 0.0297. The van der Waals surface area contributed by atoms with Gasteiger partial charge < -0.3 is 20.9 Å². The zero-order valence-corrected chi connectivity index (χ0v) is 13.0. The van der Waals surface area contributed by atoms with Crippen LogP contribution in [0, 0.1) is 0 Å². The van der Waals surface area contributed by atoms with E-state index in [1.807, 2.05) is 0 Å². The summed E-state index contributed by atoms with van der Waals surface area (Å²) >= 11 is 0. The van der Waals surface area contributed by atoms with Crippen LogP contribution in [0.15, 0.2) is 42.6 Å². The Balaban J connectivity index is 2.14. The number of halogens is 3. The van der Waals surface area contributed by atoms with Gasteiger partial charge in [0.2, 0.25) is 11.8 Å². The first-order valence-corrected chi connectivity index (χ1v) is 7.26. The van der Waals surface area contributed by atoms with Crippen molar-refractivity contribution >= 4 is 5.91 Å². The molecular formula is C16H16F3N3O3. The molecule has 2 rings (SSSR count). The molecule has 0 fully saturated rings. The van der Waals surface area contributed by atoms with Crippen LogP contribution in [0.3, 0.4) is 0 Å². The Bertz CT molecular complexity index is 738. The number of nitrogens with two attached hydrogens (primary N) is 1. The molecule has 0 bridgehead atoms. The summed E-state index contributed by atoms with van der Waals surface area (Å²) in [5.74, 6) is -0.663. The quantitative estimate of drug-likeness (QED) is 0.734. The van der Waals surface area contributed by atoms with Gasteiger partial charge in [-0.3, -0.25) is 4.79 Å². The van der Waals surface area contributed by atoms with Gasteiger partial charge in [-0.05, 0) is 24.3 Å². The van der Waals surface area contributed by atoms with Crippen LogP contribution in [0.4, 0.5) is 13.2 Å². The number of nitrogens with one attached hydrogen (secondary N) is 1. The lowest BCUT2D eigenvalue weighted by molar-refractivity contribution is -0.137. The summed E-state index contributed by atoms with van der Waals surface area (Å²) in [6, 6.07) is 7.55. The third-order valence-electron chi connectivity index (χ3n) is 3.20. The molecular weight excluding hydrogens is 339 g/mol. The van der Waals surface area contributed by atoms with Gasteiger partial charge >= 0.3 is 6.18 Å². The fourth-order valence-electron chi connectivity index (χ4n) is 1.91. The van der Waals surface area contributed by atoms with Crippen LogP contribution in [-0.4, -0.2) is 28.6 Å². The lowest BCUT2D eigenvalue weighted by atomic mass is 10.2. The highest BCUT2D eigenvalue weighted by atomic mass is 19.4. The molecule has 134 valence electrons. The minimum atomic E-state index is -4.49. The van der Waals surface area contributed by atoms with Crippen molar-refractivity contribution in [3.8, 4) is 11.6 Å². The van der Waals surface area contributed by atoms with E-state index >= 15 is 0 Å². The van der Waals surface area contributed by atoms with Gasteiger partial charge in [0.05, 0.1) is 5.56 Å². The number of aromatic nitrogens is 1. The Morgan fingerprint density at radius 2 is 2.08 bits per heavy atom. The summed E-state index contributed by atoms with van der Waals surface area (Å²) in [5, 5.41) is 11.8. The number of hydrogen-bond donors (Lipinski definition) is 3. The molecule has 0 saturated carbocycles. The van der Waals surface area contributed by atoms with Crippen LogP contribution < -0.4 is 15.8 Å². The van der Waals surface area contributed by atoms with Crippen molar-refractivity contribution in [1.82, 2.24) is 10.3 Å². The van der Waals surface area contributed by atoms with Gasteiger partial charge in [-0.1, -0.05) is 12.1 Å². The van der Waals surface area contributed by atoms with Gasteiger partial charge in [-0.2, -0.15) is 13.2 Å². The average Bonchev–Trinajstić information content (AvgIpc) is 2.59. The summed E-state index contributed by atoms with van der Waals surface area (Å²) in [7, 11) is 0. The Kier molecular flexibility index (Phi) is 5.94. The van der Waals surface area contributed by atoms with Gasteiger partial charge in [0, 0.05) is 24.8 Å². The molecule has 1 aromatic heterocycles. The van der Waals surface area contributed by atoms with Crippen LogP contribution in [0.25, 0.3) is 0 Å². The Morgan fingerprint density at radius 1 is 1.32 bits per heavy atom. The predicted octanol–water partition coefficient (Wildman–Crippen LogP) is 1.83. The second kappa shape index (κ2) is 7.95. The molecule has 1 aromatic carbocycles. The van der Waals surface area contributed by atoms with Gasteiger partial charge in [-0.25, -0.2) is 4.98 Å². The van der Waals surface area contributed by atoms with Crippen molar-refractivity contribution in [2.45, 2.75) is 18.8 Å².